The van der Waals surface area contributed by atoms with Gasteiger partial charge in [0.2, 0.25) is 0 Å². The van der Waals surface area contributed by atoms with Crippen LogP contribution in [0.25, 0.3) is 22.4 Å². The van der Waals surface area contributed by atoms with Crippen molar-refractivity contribution in [2.75, 3.05) is 24.7 Å². The molecule has 39 heavy (non-hydrogen) atoms. The largest absolute Gasteiger partial charge is 0.388 e. The lowest BCUT2D eigenvalue weighted by Crippen LogP contribution is -1.95. The van der Waals surface area contributed by atoms with Crippen molar-refractivity contribution in [1.29, 1.82) is 0 Å². The zero-order valence-corrected chi connectivity index (χ0v) is 22.6. The molecule has 0 unspecified atom stereocenters. The molecule has 2 aliphatic rings. The van der Waals surface area contributed by atoms with Crippen molar-refractivity contribution in [3.8, 4) is 22.4 Å². The SMILES string of the molecule is CNc1ccc(C)c(-c2cncc(-c3cc(NC)ncn3)c2)c1.O=CC1CC1.O=Cc1ccnc(C2CC2)c1. The lowest BCUT2D eigenvalue weighted by atomic mass is 9.99. The van der Waals surface area contributed by atoms with E-state index in [0.29, 0.717) is 11.8 Å². The average Bonchev–Trinajstić information content (AvgIpc) is 3.92. The van der Waals surface area contributed by atoms with Crippen LogP contribution < -0.4 is 10.6 Å². The number of pyridine rings is 2. The minimum absolute atomic E-state index is 0.454. The van der Waals surface area contributed by atoms with E-state index in [0.717, 1.165) is 70.6 Å². The predicted molar refractivity (Wildman–Crippen MR) is 155 cm³/mol. The zero-order chi connectivity index (χ0) is 27.6. The van der Waals surface area contributed by atoms with Crippen molar-refractivity contribution in [3.63, 3.8) is 0 Å². The maximum Gasteiger partial charge on any atom is 0.150 e. The fourth-order valence-corrected chi connectivity index (χ4v) is 3.84. The number of aryl methyl sites for hydroxylation is 1. The van der Waals surface area contributed by atoms with E-state index in [9.17, 15) is 9.59 Å². The molecule has 2 N–H and O–H groups in total. The maximum atomic E-state index is 10.4. The number of carbonyl (C=O) groups is 2. The zero-order valence-electron chi connectivity index (χ0n) is 22.6. The van der Waals surface area contributed by atoms with Gasteiger partial charge in [0.25, 0.3) is 0 Å². The third-order valence-corrected chi connectivity index (χ3v) is 6.55. The summed E-state index contributed by atoms with van der Waals surface area (Å²) in [5.41, 5.74) is 8.15. The highest BCUT2D eigenvalue weighted by atomic mass is 16.1. The van der Waals surface area contributed by atoms with Crippen LogP contribution in [0.1, 0.15) is 53.2 Å². The number of carbonyl (C=O) groups excluding carboxylic acids is 2. The van der Waals surface area contributed by atoms with E-state index in [1.165, 1.54) is 18.4 Å². The smallest absolute Gasteiger partial charge is 0.150 e. The lowest BCUT2D eigenvalue weighted by molar-refractivity contribution is -0.108. The number of nitrogens with zero attached hydrogens (tertiary/aromatic N) is 4. The number of rotatable bonds is 7. The van der Waals surface area contributed by atoms with Crippen LogP contribution in [0.4, 0.5) is 11.5 Å². The number of anilines is 2. The Bertz CT molecular complexity index is 1420. The summed E-state index contributed by atoms with van der Waals surface area (Å²) >= 11 is 0. The second-order valence-corrected chi connectivity index (χ2v) is 9.66. The van der Waals surface area contributed by atoms with E-state index in [1.54, 1.807) is 18.6 Å². The fourth-order valence-electron chi connectivity index (χ4n) is 3.84. The highest BCUT2D eigenvalue weighted by Crippen LogP contribution is 2.38. The van der Waals surface area contributed by atoms with Crippen LogP contribution >= 0.6 is 0 Å². The van der Waals surface area contributed by atoms with Gasteiger partial charge in [-0.2, -0.15) is 0 Å². The highest BCUT2D eigenvalue weighted by molar-refractivity contribution is 5.75. The van der Waals surface area contributed by atoms with Gasteiger partial charge in [-0.15, -0.1) is 0 Å². The molecule has 8 heteroatoms. The van der Waals surface area contributed by atoms with Crippen LogP contribution in [0.5, 0.6) is 0 Å². The van der Waals surface area contributed by atoms with Crippen LogP contribution in [0.2, 0.25) is 0 Å². The summed E-state index contributed by atoms with van der Waals surface area (Å²) in [6.45, 7) is 2.10. The van der Waals surface area contributed by atoms with Gasteiger partial charge in [0.05, 0.1) is 5.69 Å². The molecule has 1 aromatic carbocycles. The summed E-state index contributed by atoms with van der Waals surface area (Å²) in [6, 6.07) is 13.9. The topological polar surface area (TPSA) is 110 Å². The van der Waals surface area contributed by atoms with Gasteiger partial charge < -0.3 is 15.4 Å². The van der Waals surface area contributed by atoms with Gasteiger partial charge in [0, 0.05) is 78.7 Å². The first kappa shape index (κ1) is 27.6. The first-order valence-electron chi connectivity index (χ1n) is 13.1. The second-order valence-electron chi connectivity index (χ2n) is 9.66. The third-order valence-electron chi connectivity index (χ3n) is 6.55. The van der Waals surface area contributed by atoms with Crippen molar-refractivity contribution >= 4 is 24.1 Å². The van der Waals surface area contributed by atoms with Gasteiger partial charge in [-0.25, -0.2) is 9.97 Å². The quantitative estimate of drug-likeness (QED) is 0.286. The Morgan fingerprint density at radius 3 is 2.28 bits per heavy atom. The van der Waals surface area contributed by atoms with E-state index < -0.39 is 0 Å². The highest BCUT2D eigenvalue weighted by Gasteiger charge is 2.24. The minimum atomic E-state index is 0.454. The molecule has 0 atom stereocenters. The molecule has 0 amide bonds. The van der Waals surface area contributed by atoms with Gasteiger partial charge in [-0.1, -0.05) is 6.07 Å². The molecule has 2 saturated carbocycles. The number of benzene rings is 1. The number of nitrogens with one attached hydrogen (secondary N) is 2. The number of hydrogen-bond acceptors (Lipinski definition) is 8. The summed E-state index contributed by atoms with van der Waals surface area (Å²) in [5, 5.41) is 6.20. The molecule has 4 aromatic rings. The molecule has 0 radical (unpaired) electrons. The average molecular weight is 523 g/mol. The van der Waals surface area contributed by atoms with Gasteiger partial charge in [-0.3, -0.25) is 14.8 Å². The molecule has 0 spiro atoms. The van der Waals surface area contributed by atoms with Gasteiger partial charge >= 0.3 is 0 Å². The Morgan fingerprint density at radius 2 is 1.64 bits per heavy atom. The second kappa shape index (κ2) is 13.4. The van der Waals surface area contributed by atoms with E-state index in [1.807, 2.05) is 38.6 Å². The number of aromatic nitrogens is 4. The molecule has 2 fully saturated rings. The van der Waals surface area contributed by atoms with Crippen molar-refractivity contribution in [2.45, 2.75) is 38.5 Å². The van der Waals surface area contributed by atoms with E-state index in [-0.39, 0.29) is 0 Å². The monoisotopic (exact) mass is 522 g/mol. The minimum Gasteiger partial charge on any atom is -0.388 e. The van der Waals surface area contributed by atoms with Crippen LogP contribution in [-0.4, -0.2) is 46.6 Å². The normalized spacial score (nSPS) is 13.6. The molecule has 2 aliphatic carbocycles. The van der Waals surface area contributed by atoms with Crippen LogP contribution in [0.15, 0.2) is 67.4 Å². The number of aldehydes is 2. The molecular weight excluding hydrogens is 488 g/mol. The molecule has 8 nitrogen and oxygen atoms in total. The molecular formula is C31H34N6O2. The van der Waals surface area contributed by atoms with Crippen molar-refractivity contribution in [2.24, 2.45) is 5.92 Å². The Morgan fingerprint density at radius 1 is 0.846 bits per heavy atom. The Kier molecular flexibility index (Phi) is 9.45. The molecule has 6 rings (SSSR count). The van der Waals surface area contributed by atoms with E-state index >= 15 is 0 Å². The Balaban J connectivity index is 0.000000180. The van der Waals surface area contributed by atoms with E-state index in [4.69, 9.17) is 0 Å². The van der Waals surface area contributed by atoms with Gasteiger partial charge in [0.15, 0.2) is 0 Å². The summed E-state index contributed by atoms with van der Waals surface area (Å²) in [5.74, 6) is 1.87. The molecule has 200 valence electrons. The summed E-state index contributed by atoms with van der Waals surface area (Å²) < 4.78 is 0. The van der Waals surface area contributed by atoms with E-state index in [2.05, 4.69) is 61.8 Å². The summed E-state index contributed by atoms with van der Waals surface area (Å²) in [7, 11) is 3.76. The van der Waals surface area contributed by atoms with Crippen LogP contribution in [-0.2, 0) is 4.79 Å². The van der Waals surface area contributed by atoms with Crippen LogP contribution in [0.3, 0.4) is 0 Å². The summed E-state index contributed by atoms with van der Waals surface area (Å²) in [6.07, 6.45) is 13.6. The first-order valence-corrected chi connectivity index (χ1v) is 13.1. The number of hydrogen-bond donors (Lipinski definition) is 2. The molecule has 0 bridgehead atoms. The van der Waals surface area contributed by atoms with Crippen molar-refractivity contribution in [3.05, 3.63) is 84.2 Å². The molecule has 0 saturated heterocycles. The first-order chi connectivity index (χ1) is 19.0. The third kappa shape index (κ3) is 8.01. The van der Waals surface area contributed by atoms with Crippen molar-refractivity contribution in [1.82, 2.24) is 19.9 Å². The lowest BCUT2D eigenvalue weighted by Gasteiger charge is -2.10. The summed E-state index contributed by atoms with van der Waals surface area (Å²) in [4.78, 5) is 37.0. The molecule has 3 aromatic heterocycles. The fraction of sp³-hybridized carbons (Fsp3) is 0.290. The predicted octanol–water partition coefficient (Wildman–Crippen LogP) is 5.96. The van der Waals surface area contributed by atoms with Crippen molar-refractivity contribution < 1.29 is 9.59 Å². The van der Waals surface area contributed by atoms with Gasteiger partial charge in [0.1, 0.15) is 24.7 Å². The molecule has 0 aliphatic heterocycles. The Hall–Kier alpha value is -4.46. The Labute approximate surface area is 229 Å². The maximum absolute atomic E-state index is 10.4. The molecule has 3 heterocycles. The van der Waals surface area contributed by atoms with Crippen LogP contribution in [0, 0.1) is 12.8 Å². The standard InChI is InChI=1S/C18H19N5.C9H9NO.C4H6O/c1-12-4-5-15(19-2)7-16(12)13-6-14(10-21-9-13)17-8-18(20-3)23-11-22-17;11-6-7-3-4-10-9(5-7)8-1-2-8;5-3-4-1-2-4/h4-11,19H,1-3H3,(H,20,22,23);3-6,8H,1-2H2;3-4H,1-2H2. The van der Waals surface area contributed by atoms with Gasteiger partial charge in [-0.05, 0) is 74.1 Å².